The summed E-state index contributed by atoms with van der Waals surface area (Å²) in [6, 6.07) is 11.7. The highest BCUT2D eigenvalue weighted by Crippen LogP contribution is 2.75. The van der Waals surface area contributed by atoms with Crippen LogP contribution in [0.15, 0.2) is 42.5 Å². The zero-order chi connectivity index (χ0) is 28.4. The van der Waals surface area contributed by atoms with Crippen LogP contribution >= 0.6 is 23.2 Å². The lowest BCUT2D eigenvalue weighted by Crippen LogP contribution is -2.73. The average Bonchev–Trinajstić information content (AvgIpc) is 3.60. The number of hydrogen-bond donors (Lipinski definition) is 2. The Labute approximate surface area is 248 Å². The fraction of sp³-hybridized carbons (Fsp3) is 0.394. The van der Waals surface area contributed by atoms with Crippen LogP contribution in [0.2, 0.25) is 0 Å². The topological polar surface area (TPSA) is 86.9 Å². The number of nitrogens with zero attached hydrogens (tertiary/aromatic N) is 2. The second kappa shape index (κ2) is 8.42. The predicted molar refractivity (Wildman–Crippen MR) is 164 cm³/mol. The molecule has 4 aliphatic carbocycles. The first-order valence-electron chi connectivity index (χ1n) is 14.3. The summed E-state index contributed by atoms with van der Waals surface area (Å²) in [6.07, 6.45) is 4.46. The molecule has 2 amide bonds. The highest BCUT2D eigenvalue weighted by molar-refractivity contribution is 6.20. The number of aromatic hydroxyl groups is 1. The van der Waals surface area contributed by atoms with Crippen molar-refractivity contribution in [1.82, 2.24) is 0 Å². The van der Waals surface area contributed by atoms with E-state index in [0.717, 1.165) is 50.0 Å². The van der Waals surface area contributed by atoms with Crippen LogP contribution in [0.25, 0.3) is 16.3 Å². The molecule has 41 heavy (non-hydrogen) atoms. The smallest absolute Gasteiger partial charge is 0.233 e. The number of amides is 2. The second-order valence-corrected chi connectivity index (χ2v) is 13.5. The number of fused-ring (bicyclic) bond motifs is 6. The van der Waals surface area contributed by atoms with E-state index in [4.69, 9.17) is 28.9 Å². The van der Waals surface area contributed by atoms with E-state index in [-0.39, 0.29) is 29.4 Å². The highest BCUT2D eigenvalue weighted by Gasteiger charge is 2.76. The minimum absolute atomic E-state index is 0.0169. The minimum Gasteiger partial charge on any atom is -0.508 e. The van der Waals surface area contributed by atoms with Gasteiger partial charge in [-0.1, -0.05) is 30.3 Å². The Kier molecular flexibility index (Phi) is 5.23. The van der Waals surface area contributed by atoms with Gasteiger partial charge in [-0.25, -0.2) is 0 Å². The number of alkyl halides is 2. The minimum atomic E-state index is -0.537. The van der Waals surface area contributed by atoms with E-state index in [1.54, 1.807) is 6.07 Å². The molecule has 3 fully saturated rings. The van der Waals surface area contributed by atoms with Crippen LogP contribution in [0.3, 0.4) is 0 Å². The monoisotopic (exact) mass is 587 g/mol. The molecule has 3 saturated carbocycles. The normalized spacial score (nSPS) is 28.6. The van der Waals surface area contributed by atoms with Gasteiger partial charge in [0.25, 0.3) is 0 Å². The first-order valence-corrected chi connectivity index (χ1v) is 15.4. The van der Waals surface area contributed by atoms with Gasteiger partial charge in [-0.3, -0.25) is 9.59 Å². The molecular weight excluding hydrogens is 557 g/mol. The Morgan fingerprint density at radius 2 is 1.49 bits per heavy atom. The van der Waals surface area contributed by atoms with Crippen LogP contribution in [0.4, 0.5) is 17.1 Å². The Hall–Kier alpha value is -3.22. The molecule has 2 atom stereocenters. The molecule has 6 nitrogen and oxygen atoms in total. The molecule has 3 aromatic carbocycles. The van der Waals surface area contributed by atoms with Crippen molar-refractivity contribution in [1.29, 1.82) is 0 Å². The van der Waals surface area contributed by atoms with Gasteiger partial charge in [-0.2, -0.15) is 0 Å². The molecule has 0 radical (unpaired) electrons. The lowest BCUT2D eigenvalue weighted by Gasteiger charge is -2.69. The lowest BCUT2D eigenvalue weighted by molar-refractivity contribution is -0.204. The lowest BCUT2D eigenvalue weighted by atomic mass is 9.34. The van der Waals surface area contributed by atoms with Crippen molar-refractivity contribution in [2.24, 2.45) is 10.8 Å². The fourth-order valence-corrected chi connectivity index (χ4v) is 9.20. The summed E-state index contributed by atoms with van der Waals surface area (Å²) in [6.45, 7) is 3.09. The average molecular weight is 589 g/mol. The molecule has 210 valence electrons. The van der Waals surface area contributed by atoms with Gasteiger partial charge in [0.15, 0.2) is 0 Å². The van der Waals surface area contributed by atoms with E-state index in [0.29, 0.717) is 56.2 Å². The third-order valence-corrected chi connectivity index (χ3v) is 11.3. The van der Waals surface area contributed by atoms with Gasteiger partial charge in [-0.05, 0) is 66.3 Å². The molecule has 9 rings (SSSR count). The molecule has 2 bridgehead atoms. The van der Waals surface area contributed by atoms with E-state index in [1.165, 1.54) is 0 Å². The Morgan fingerprint density at radius 3 is 2.10 bits per heavy atom. The Bertz CT molecular complexity index is 1730. The van der Waals surface area contributed by atoms with Crippen molar-refractivity contribution >= 4 is 68.4 Å². The molecule has 0 spiro atoms. The summed E-state index contributed by atoms with van der Waals surface area (Å²) in [4.78, 5) is 31.9. The van der Waals surface area contributed by atoms with E-state index < -0.39 is 10.8 Å². The van der Waals surface area contributed by atoms with Gasteiger partial charge in [0, 0.05) is 65.1 Å². The molecule has 6 aliphatic rings. The number of rotatable bonds is 4. The molecule has 2 aliphatic heterocycles. The quantitative estimate of drug-likeness (QED) is 0.277. The van der Waals surface area contributed by atoms with Gasteiger partial charge >= 0.3 is 0 Å². The summed E-state index contributed by atoms with van der Waals surface area (Å²) < 4.78 is 0. The Balaban J connectivity index is 1.08. The van der Waals surface area contributed by atoms with Crippen LogP contribution in [0, 0.1) is 10.8 Å². The van der Waals surface area contributed by atoms with Crippen molar-refractivity contribution in [3.05, 3.63) is 64.7 Å². The maximum Gasteiger partial charge on any atom is 0.233 e. The largest absolute Gasteiger partial charge is 0.508 e. The highest BCUT2D eigenvalue weighted by atomic mass is 35.5. The summed E-state index contributed by atoms with van der Waals surface area (Å²) >= 11 is 12.9. The Morgan fingerprint density at radius 1 is 0.927 bits per heavy atom. The van der Waals surface area contributed by atoms with Crippen LogP contribution in [0.1, 0.15) is 60.3 Å². The molecule has 3 N–H and O–H groups in total. The fourth-order valence-electron chi connectivity index (χ4n) is 8.70. The van der Waals surface area contributed by atoms with E-state index in [9.17, 15) is 14.7 Å². The van der Waals surface area contributed by atoms with Gasteiger partial charge in [0.2, 0.25) is 11.8 Å². The second-order valence-electron chi connectivity index (χ2n) is 12.8. The van der Waals surface area contributed by atoms with Crippen molar-refractivity contribution in [2.75, 3.05) is 40.4 Å². The number of carbonyl (C=O) groups excluding carboxylic acids is 2. The van der Waals surface area contributed by atoms with Gasteiger partial charge in [-0.15, -0.1) is 23.2 Å². The number of halogens is 2. The van der Waals surface area contributed by atoms with Gasteiger partial charge in [0.05, 0.1) is 16.5 Å². The number of anilines is 3. The number of hydrogen-bond acceptors (Lipinski definition) is 4. The van der Waals surface area contributed by atoms with Crippen LogP contribution in [-0.2, 0) is 16.0 Å². The summed E-state index contributed by atoms with van der Waals surface area (Å²) in [5.74, 6) is 1.24. The van der Waals surface area contributed by atoms with Gasteiger partial charge < -0.3 is 20.6 Å². The molecule has 2 heterocycles. The summed E-state index contributed by atoms with van der Waals surface area (Å²) in [7, 11) is 0. The maximum absolute atomic E-state index is 14.1. The van der Waals surface area contributed by atoms with Crippen molar-refractivity contribution < 1.29 is 14.7 Å². The first kappa shape index (κ1) is 25.5. The van der Waals surface area contributed by atoms with Crippen molar-refractivity contribution in [2.45, 2.75) is 44.4 Å². The predicted octanol–water partition coefficient (Wildman–Crippen LogP) is 6.30. The number of phenolic OH excluding ortho intramolecular Hbond substituents is 1. The van der Waals surface area contributed by atoms with Gasteiger partial charge in [0.1, 0.15) is 5.75 Å². The molecule has 0 saturated heterocycles. The zero-order valence-corrected chi connectivity index (χ0v) is 24.4. The van der Waals surface area contributed by atoms with Crippen LogP contribution in [-0.4, -0.2) is 41.8 Å². The molecule has 8 heteroatoms. The number of nitrogens with two attached hydrogens (primary N) is 1. The summed E-state index contributed by atoms with van der Waals surface area (Å²) in [5.41, 5.74) is 12.9. The standard InChI is InChI=1S/C33H31Cl2N3O3/c1-17-6-7-22-26(39)9-25-29(27(17)22)19(11-35)13-38(25)31(41)33-14-32(15-33,16-33)30(40)37-12-18(10-34)28-21-5-3-2-4-20(21)23(36)8-24(28)37/h2-6,8-9,18-19,39H,7,10-16,36H2,1H3/t18-,19-,32?,33?/m1/s1. The third-order valence-electron chi connectivity index (χ3n) is 10.5. The zero-order valence-electron chi connectivity index (χ0n) is 22.8. The van der Waals surface area contributed by atoms with Crippen LogP contribution in [0.5, 0.6) is 5.75 Å². The SMILES string of the molecule is CC1=CCc2c(O)cc3c(c21)[C@H](CCl)CN3C(=O)C12CC(C(=O)N3C[C@@H](CCl)c4c3cc(N)c3ccccc43)(C1)C2. The van der Waals surface area contributed by atoms with Crippen molar-refractivity contribution in [3.63, 3.8) is 0 Å². The molecular formula is C33H31Cl2N3O3. The molecule has 0 unspecified atom stereocenters. The number of nitrogen functional groups attached to an aromatic ring is 1. The van der Waals surface area contributed by atoms with E-state index >= 15 is 0 Å². The van der Waals surface area contributed by atoms with E-state index in [2.05, 4.69) is 19.1 Å². The number of benzene rings is 3. The number of carbonyl (C=O) groups is 2. The van der Waals surface area contributed by atoms with E-state index in [1.807, 2.05) is 34.1 Å². The maximum atomic E-state index is 14.1. The first-order chi connectivity index (χ1) is 19.7. The number of phenols is 1. The molecule has 3 aromatic rings. The van der Waals surface area contributed by atoms with Crippen molar-refractivity contribution in [3.8, 4) is 5.75 Å². The number of allylic oxidation sites excluding steroid dienone is 2. The third kappa shape index (κ3) is 3.15. The van der Waals surface area contributed by atoms with Crippen LogP contribution < -0.4 is 15.5 Å². The summed E-state index contributed by atoms with van der Waals surface area (Å²) in [5, 5.41) is 12.9. The molecule has 0 aromatic heterocycles.